The fraction of sp³-hybridized carbons (Fsp3) is 0.250. The molecule has 2 heterocycles. The van der Waals surface area contributed by atoms with Gasteiger partial charge in [0.15, 0.2) is 5.78 Å². The number of methoxy groups -OCH3 is 1. The summed E-state index contributed by atoms with van der Waals surface area (Å²) in [5, 5.41) is 0. The van der Waals surface area contributed by atoms with Crippen LogP contribution in [0, 0.1) is 0 Å². The largest absolute Gasteiger partial charge is 0.497 e. The summed E-state index contributed by atoms with van der Waals surface area (Å²) in [6.45, 7) is 0. The Morgan fingerprint density at radius 2 is 1.88 bits per heavy atom. The van der Waals surface area contributed by atoms with Gasteiger partial charge in [0.1, 0.15) is 5.75 Å². The number of fused-ring (bicyclic) bond motifs is 1. The van der Waals surface area contributed by atoms with Gasteiger partial charge < -0.3 is 15.0 Å². The standard InChI is InChI=1S/C20H20N4O2/c1-24-15-4-3-5-16(25)18(15)17(12-6-8-13(26-2)9-7-12)19(24)14-10-11-22-20(21)23-14/h6-11H,3-5H2,1-2H3,(H2,21,22,23). The number of anilines is 1. The third-order valence-electron chi connectivity index (χ3n) is 4.91. The molecule has 1 aliphatic rings. The van der Waals surface area contributed by atoms with Crippen LogP contribution in [0.4, 0.5) is 5.95 Å². The highest BCUT2D eigenvalue weighted by Gasteiger charge is 2.30. The molecule has 0 spiro atoms. The topological polar surface area (TPSA) is 83.0 Å². The molecule has 0 radical (unpaired) electrons. The first-order valence-corrected chi connectivity index (χ1v) is 8.58. The zero-order valence-electron chi connectivity index (χ0n) is 14.8. The number of nitrogen functional groups attached to an aromatic ring is 1. The van der Waals surface area contributed by atoms with Crippen LogP contribution in [-0.4, -0.2) is 27.4 Å². The second kappa shape index (κ2) is 6.29. The molecule has 1 aliphatic carbocycles. The van der Waals surface area contributed by atoms with Gasteiger partial charge in [-0.25, -0.2) is 9.97 Å². The summed E-state index contributed by atoms with van der Waals surface area (Å²) in [6.07, 6.45) is 3.97. The van der Waals surface area contributed by atoms with Gasteiger partial charge in [-0.3, -0.25) is 4.79 Å². The minimum atomic E-state index is 0.181. The number of nitrogens with two attached hydrogens (primary N) is 1. The molecule has 0 aliphatic heterocycles. The third kappa shape index (κ3) is 2.54. The predicted molar refractivity (Wildman–Crippen MR) is 100 cm³/mol. The minimum Gasteiger partial charge on any atom is -0.497 e. The van der Waals surface area contributed by atoms with Crippen molar-refractivity contribution in [3.63, 3.8) is 0 Å². The number of carbonyl (C=O) groups is 1. The lowest BCUT2D eigenvalue weighted by Crippen LogP contribution is -2.12. The summed E-state index contributed by atoms with van der Waals surface area (Å²) >= 11 is 0. The van der Waals surface area contributed by atoms with Gasteiger partial charge in [-0.2, -0.15) is 0 Å². The molecule has 0 amide bonds. The number of hydrogen-bond acceptors (Lipinski definition) is 5. The van der Waals surface area contributed by atoms with Crippen molar-refractivity contribution >= 4 is 11.7 Å². The fourth-order valence-corrected chi connectivity index (χ4v) is 3.71. The van der Waals surface area contributed by atoms with Crippen molar-refractivity contribution in [2.75, 3.05) is 12.8 Å². The van der Waals surface area contributed by atoms with Gasteiger partial charge in [-0.15, -0.1) is 0 Å². The van der Waals surface area contributed by atoms with Crippen LogP contribution in [0.25, 0.3) is 22.5 Å². The number of ether oxygens (including phenoxy) is 1. The monoisotopic (exact) mass is 348 g/mol. The quantitative estimate of drug-likeness (QED) is 0.785. The van der Waals surface area contributed by atoms with Crippen molar-refractivity contribution in [1.82, 2.24) is 14.5 Å². The van der Waals surface area contributed by atoms with Crippen LogP contribution in [0.5, 0.6) is 5.75 Å². The molecule has 6 nitrogen and oxygen atoms in total. The van der Waals surface area contributed by atoms with E-state index in [9.17, 15) is 4.79 Å². The highest BCUT2D eigenvalue weighted by molar-refractivity contribution is 6.08. The van der Waals surface area contributed by atoms with Crippen LogP contribution in [0.15, 0.2) is 36.5 Å². The Hall–Kier alpha value is -3.15. The Morgan fingerprint density at radius 1 is 1.12 bits per heavy atom. The first kappa shape index (κ1) is 16.3. The summed E-state index contributed by atoms with van der Waals surface area (Å²) in [7, 11) is 3.62. The van der Waals surface area contributed by atoms with Crippen LogP contribution >= 0.6 is 0 Å². The average Bonchev–Trinajstić information content (AvgIpc) is 2.96. The molecule has 0 saturated carbocycles. The summed E-state index contributed by atoms with van der Waals surface area (Å²) in [5.41, 5.74) is 11.1. The van der Waals surface area contributed by atoms with E-state index in [1.807, 2.05) is 37.4 Å². The Kier molecular flexibility index (Phi) is 3.95. The molecular weight excluding hydrogens is 328 g/mol. The zero-order chi connectivity index (χ0) is 18.3. The highest BCUT2D eigenvalue weighted by atomic mass is 16.5. The van der Waals surface area contributed by atoms with Crippen molar-refractivity contribution in [2.24, 2.45) is 7.05 Å². The predicted octanol–water partition coefficient (Wildman–Crippen LogP) is 3.26. The van der Waals surface area contributed by atoms with Crippen LogP contribution in [0.3, 0.4) is 0 Å². The Morgan fingerprint density at radius 3 is 2.58 bits per heavy atom. The SMILES string of the molecule is COc1ccc(-c2c3c(n(C)c2-c2ccnc(N)n2)CCCC3=O)cc1. The maximum atomic E-state index is 12.8. The molecule has 26 heavy (non-hydrogen) atoms. The molecule has 3 aromatic rings. The molecule has 0 atom stereocenters. The van der Waals surface area contributed by atoms with E-state index in [-0.39, 0.29) is 11.7 Å². The average molecular weight is 348 g/mol. The van der Waals surface area contributed by atoms with Crippen LogP contribution in [0.1, 0.15) is 28.9 Å². The molecular formula is C20H20N4O2. The maximum absolute atomic E-state index is 12.8. The zero-order valence-corrected chi connectivity index (χ0v) is 14.8. The normalized spacial score (nSPS) is 13.5. The minimum absolute atomic E-state index is 0.181. The van der Waals surface area contributed by atoms with Crippen molar-refractivity contribution in [3.05, 3.63) is 47.8 Å². The number of ketones is 1. The lowest BCUT2D eigenvalue weighted by molar-refractivity contribution is 0.0972. The summed E-state index contributed by atoms with van der Waals surface area (Å²) in [4.78, 5) is 21.2. The van der Waals surface area contributed by atoms with Crippen molar-refractivity contribution in [3.8, 4) is 28.3 Å². The molecule has 0 fully saturated rings. The van der Waals surface area contributed by atoms with E-state index in [1.54, 1.807) is 13.3 Å². The Balaban J connectivity index is 2.02. The highest BCUT2D eigenvalue weighted by Crippen LogP contribution is 2.41. The van der Waals surface area contributed by atoms with E-state index in [0.717, 1.165) is 46.7 Å². The maximum Gasteiger partial charge on any atom is 0.220 e. The van der Waals surface area contributed by atoms with E-state index >= 15 is 0 Å². The van der Waals surface area contributed by atoms with Gasteiger partial charge in [0, 0.05) is 36.5 Å². The fourth-order valence-electron chi connectivity index (χ4n) is 3.71. The van der Waals surface area contributed by atoms with Gasteiger partial charge in [0.2, 0.25) is 5.95 Å². The van der Waals surface area contributed by atoms with Crippen molar-refractivity contribution in [1.29, 1.82) is 0 Å². The van der Waals surface area contributed by atoms with E-state index < -0.39 is 0 Å². The molecule has 0 saturated heterocycles. The molecule has 2 aromatic heterocycles. The number of Topliss-reactive ketones (excluding diaryl/α,β-unsaturated/α-hetero) is 1. The molecule has 0 unspecified atom stereocenters. The number of aromatic nitrogens is 3. The number of carbonyl (C=O) groups excluding carboxylic acids is 1. The number of benzene rings is 1. The summed E-state index contributed by atoms with van der Waals surface area (Å²) in [6, 6.07) is 9.59. The second-order valence-corrected chi connectivity index (χ2v) is 6.41. The lowest BCUT2D eigenvalue weighted by Gasteiger charge is -2.13. The van der Waals surface area contributed by atoms with Crippen LogP contribution in [-0.2, 0) is 13.5 Å². The van der Waals surface area contributed by atoms with Crippen LogP contribution < -0.4 is 10.5 Å². The second-order valence-electron chi connectivity index (χ2n) is 6.41. The first-order chi connectivity index (χ1) is 12.6. The lowest BCUT2D eigenvalue weighted by atomic mass is 9.90. The molecule has 4 rings (SSSR count). The van der Waals surface area contributed by atoms with E-state index in [2.05, 4.69) is 14.5 Å². The number of nitrogens with zero attached hydrogens (tertiary/aromatic N) is 3. The van der Waals surface area contributed by atoms with Gasteiger partial charge in [-0.05, 0) is 36.6 Å². The number of rotatable bonds is 3. The Labute approximate surface area is 151 Å². The third-order valence-corrected chi connectivity index (χ3v) is 4.91. The van der Waals surface area contributed by atoms with E-state index in [4.69, 9.17) is 10.5 Å². The van der Waals surface area contributed by atoms with Gasteiger partial charge in [0.05, 0.1) is 18.5 Å². The smallest absolute Gasteiger partial charge is 0.220 e. The van der Waals surface area contributed by atoms with Gasteiger partial charge in [-0.1, -0.05) is 12.1 Å². The summed E-state index contributed by atoms with van der Waals surface area (Å²) in [5.74, 6) is 1.17. The van der Waals surface area contributed by atoms with Crippen LogP contribution in [0.2, 0.25) is 0 Å². The van der Waals surface area contributed by atoms with E-state index in [1.165, 1.54) is 0 Å². The van der Waals surface area contributed by atoms with Gasteiger partial charge in [0.25, 0.3) is 0 Å². The van der Waals surface area contributed by atoms with Crippen molar-refractivity contribution < 1.29 is 9.53 Å². The molecule has 6 heteroatoms. The van der Waals surface area contributed by atoms with Gasteiger partial charge >= 0.3 is 0 Å². The van der Waals surface area contributed by atoms with E-state index in [0.29, 0.717) is 12.1 Å². The summed E-state index contributed by atoms with van der Waals surface area (Å²) < 4.78 is 7.34. The Bertz CT molecular complexity index is 990. The number of hydrogen-bond donors (Lipinski definition) is 1. The molecule has 2 N–H and O–H groups in total. The molecule has 132 valence electrons. The molecule has 0 bridgehead atoms. The molecule has 1 aromatic carbocycles. The first-order valence-electron chi connectivity index (χ1n) is 8.58. The van der Waals surface area contributed by atoms with Crippen molar-refractivity contribution in [2.45, 2.75) is 19.3 Å².